The Morgan fingerprint density at radius 2 is 1.77 bits per heavy atom. The number of hydrogen-bond acceptors (Lipinski definition) is 3. The zero-order chi connectivity index (χ0) is 22.2. The number of amides is 1. The molecule has 2 heterocycles. The molecule has 0 saturated heterocycles. The van der Waals surface area contributed by atoms with E-state index in [9.17, 15) is 4.79 Å². The van der Waals surface area contributed by atoms with Crippen molar-refractivity contribution in [1.82, 2.24) is 9.88 Å². The molecule has 4 heteroatoms. The summed E-state index contributed by atoms with van der Waals surface area (Å²) in [7, 11) is 0. The number of ether oxygens (including phenoxy) is 1. The van der Waals surface area contributed by atoms with Crippen LogP contribution in [0.2, 0.25) is 0 Å². The number of nitrogens with zero attached hydrogens (tertiary/aromatic N) is 2. The van der Waals surface area contributed by atoms with E-state index in [4.69, 9.17) is 4.74 Å². The summed E-state index contributed by atoms with van der Waals surface area (Å²) in [6.07, 6.45) is 17.2. The monoisotopic (exact) mass is 414 g/mol. The lowest BCUT2D eigenvalue weighted by Gasteiger charge is -2.23. The number of fused-ring (bicyclic) bond motifs is 1. The largest absolute Gasteiger partial charge is 0.465 e. The summed E-state index contributed by atoms with van der Waals surface area (Å²) in [6, 6.07) is 1.92. The lowest BCUT2D eigenvalue weighted by Crippen LogP contribution is -2.33. The highest BCUT2D eigenvalue weighted by molar-refractivity contribution is 5.92. The molecule has 0 unspecified atom stereocenters. The van der Waals surface area contributed by atoms with E-state index in [1.54, 1.807) is 13.1 Å². The van der Waals surface area contributed by atoms with Gasteiger partial charge in [0.05, 0.1) is 6.26 Å². The molecule has 1 aliphatic rings. The van der Waals surface area contributed by atoms with E-state index in [1.165, 1.54) is 38.4 Å². The van der Waals surface area contributed by atoms with Crippen molar-refractivity contribution in [3.8, 4) is 0 Å². The van der Waals surface area contributed by atoms with Gasteiger partial charge in [0, 0.05) is 36.6 Å². The summed E-state index contributed by atoms with van der Waals surface area (Å²) in [6.45, 7) is 14.0. The topological polar surface area (TPSA) is 42.4 Å². The van der Waals surface area contributed by atoms with Gasteiger partial charge >= 0.3 is 0 Å². The van der Waals surface area contributed by atoms with E-state index >= 15 is 0 Å². The van der Waals surface area contributed by atoms with Crippen molar-refractivity contribution in [2.45, 2.75) is 91.9 Å². The first-order valence-corrected chi connectivity index (χ1v) is 11.8. The number of aryl methyl sites for hydroxylation is 1. The Hall–Kier alpha value is -2.10. The van der Waals surface area contributed by atoms with Gasteiger partial charge in [0.25, 0.3) is 5.91 Å². The second-order valence-corrected chi connectivity index (χ2v) is 8.04. The number of rotatable bonds is 7. The molecule has 2 rings (SSSR count). The van der Waals surface area contributed by atoms with E-state index in [0.29, 0.717) is 11.3 Å². The fraction of sp³-hybridized carbons (Fsp3) is 0.615. The first kappa shape index (κ1) is 25.9. The van der Waals surface area contributed by atoms with Gasteiger partial charge in [0.1, 0.15) is 5.76 Å². The van der Waals surface area contributed by atoms with Crippen LogP contribution in [0.25, 0.3) is 5.76 Å². The number of aromatic nitrogens is 1. The van der Waals surface area contributed by atoms with Crippen LogP contribution in [0, 0.1) is 0 Å². The molecule has 168 valence electrons. The summed E-state index contributed by atoms with van der Waals surface area (Å²) in [5.74, 6) is 0.622. The predicted molar refractivity (Wildman–Crippen MR) is 127 cm³/mol. The molecule has 0 radical (unpaired) electrons. The molecule has 0 bridgehead atoms. The smallest absolute Gasteiger partial charge is 0.252 e. The predicted octanol–water partition coefficient (Wildman–Crippen LogP) is 6.91. The van der Waals surface area contributed by atoms with E-state index in [1.807, 2.05) is 17.2 Å². The van der Waals surface area contributed by atoms with E-state index < -0.39 is 0 Å². The maximum atomic E-state index is 12.6. The quantitative estimate of drug-likeness (QED) is 0.455. The number of hydrogen-bond donors (Lipinski definition) is 0. The molecule has 30 heavy (non-hydrogen) atoms. The van der Waals surface area contributed by atoms with Gasteiger partial charge in [-0.2, -0.15) is 0 Å². The third-order valence-electron chi connectivity index (χ3n) is 5.32. The average Bonchev–Trinajstić information content (AvgIpc) is 2.76. The van der Waals surface area contributed by atoms with Crippen molar-refractivity contribution in [3.63, 3.8) is 0 Å². The molecule has 0 atom stereocenters. The molecule has 0 aliphatic carbocycles. The summed E-state index contributed by atoms with van der Waals surface area (Å²) < 4.78 is 5.64. The van der Waals surface area contributed by atoms with Crippen LogP contribution < -0.4 is 0 Å². The lowest BCUT2D eigenvalue weighted by atomic mass is 10.0. The van der Waals surface area contributed by atoms with Gasteiger partial charge in [-0.15, -0.1) is 0 Å². The zero-order valence-electron chi connectivity index (χ0n) is 19.7. The second kappa shape index (κ2) is 15.7. The Kier molecular flexibility index (Phi) is 13.6. The van der Waals surface area contributed by atoms with Crippen molar-refractivity contribution in [3.05, 3.63) is 48.0 Å². The Morgan fingerprint density at radius 1 is 1.07 bits per heavy atom. The summed E-state index contributed by atoms with van der Waals surface area (Å²) >= 11 is 0. The molecule has 0 fully saturated rings. The minimum atomic E-state index is 0.0572. The van der Waals surface area contributed by atoms with Gasteiger partial charge in [0.15, 0.2) is 0 Å². The van der Waals surface area contributed by atoms with Crippen molar-refractivity contribution in [2.24, 2.45) is 0 Å². The van der Waals surface area contributed by atoms with E-state index in [2.05, 4.69) is 32.3 Å². The Balaban J connectivity index is 0.000000553. The second-order valence-electron chi connectivity index (χ2n) is 8.04. The van der Waals surface area contributed by atoms with Crippen molar-refractivity contribution in [1.29, 1.82) is 0 Å². The van der Waals surface area contributed by atoms with Crippen LogP contribution in [-0.4, -0.2) is 28.9 Å². The van der Waals surface area contributed by atoms with E-state index in [0.717, 1.165) is 56.3 Å². The Bertz CT molecular complexity index is 663. The van der Waals surface area contributed by atoms with Crippen molar-refractivity contribution >= 4 is 11.7 Å². The van der Waals surface area contributed by atoms with Crippen molar-refractivity contribution in [2.75, 3.05) is 13.1 Å². The number of carbonyl (C=O) groups excluding carboxylic acids is 1. The maximum absolute atomic E-state index is 12.6. The highest BCUT2D eigenvalue weighted by Gasteiger charge is 2.16. The number of pyridine rings is 1. The van der Waals surface area contributed by atoms with Crippen LogP contribution >= 0.6 is 0 Å². The minimum absolute atomic E-state index is 0.0572. The van der Waals surface area contributed by atoms with Gasteiger partial charge in [-0.05, 0) is 44.2 Å². The van der Waals surface area contributed by atoms with Crippen LogP contribution in [0.15, 0.2) is 36.9 Å². The van der Waals surface area contributed by atoms with Crippen LogP contribution in [0.5, 0.6) is 0 Å². The van der Waals surface area contributed by atoms with Gasteiger partial charge in [0.2, 0.25) is 0 Å². The molecule has 1 aromatic heterocycles. The molecule has 1 amide bonds. The molecule has 4 nitrogen and oxygen atoms in total. The van der Waals surface area contributed by atoms with E-state index in [-0.39, 0.29) is 5.91 Å². The van der Waals surface area contributed by atoms with Crippen molar-refractivity contribution < 1.29 is 9.53 Å². The summed E-state index contributed by atoms with van der Waals surface area (Å²) in [4.78, 5) is 18.7. The van der Waals surface area contributed by atoms with Crippen LogP contribution in [0.3, 0.4) is 0 Å². The third kappa shape index (κ3) is 9.60. The third-order valence-corrected chi connectivity index (χ3v) is 5.32. The number of carbonyl (C=O) groups is 1. The molecule has 1 aromatic rings. The fourth-order valence-corrected chi connectivity index (χ4v) is 3.38. The van der Waals surface area contributed by atoms with Crippen LogP contribution in [0.1, 0.15) is 96.6 Å². The molecule has 0 saturated carbocycles. The fourth-order valence-electron chi connectivity index (χ4n) is 3.38. The summed E-state index contributed by atoms with van der Waals surface area (Å²) in [5.41, 5.74) is 2.73. The van der Waals surface area contributed by atoms with Gasteiger partial charge < -0.3 is 9.64 Å². The van der Waals surface area contributed by atoms with Gasteiger partial charge in [-0.25, -0.2) is 0 Å². The molecular formula is C26H42N2O2. The standard InChI is InChI=1S/C19H26N2O2.C7H16/c1-4-5-11-21-12-7-6-8-17-13-20-10-9-18(17)16(3)23-14-15(2)19(21)22;1-3-5-7-6-4-2/h9-10,13-14H,3-8,11-12H2,1-2H3;3-7H2,1-2H3/b15-14+;. The highest BCUT2D eigenvalue weighted by atomic mass is 16.5. The lowest BCUT2D eigenvalue weighted by molar-refractivity contribution is -0.127. The van der Waals surface area contributed by atoms with Gasteiger partial charge in [-0.3, -0.25) is 9.78 Å². The Labute approximate surface area is 184 Å². The molecule has 0 N–H and O–H groups in total. The number of unbranched alkanes of at least 4 members (excludes halogenated alkanes) is 5. The first-order chi connectivity index (χ1) is 14.5. The normalized spacial score (nSPS) is 16.8. The summed E-state index contributed by atoms with van der Waals surface area (Å²) in [5, 5.41) is 0. The van der Waals surface area contributed by atoms with Crippen LogP contribution in [-0.2, 0) is 16.0 Å². The average molecular weight is 415 g/mol. The molecule has 1 aliphatic heterocycles. The highest BCUT2D eigenvalue weighted by Crippen LogP contribution is 2.21. The zero-order valence-corrected chi connectivity index (χ0v) is 19.7. The van der Waals surface area contributed by atoms with Crippen LogP contribution in [0.4, 0.5) is 0 Å². The SMILES string of the molecule is C=C1O/C=C(\C)C(=O)N(CCCC)CCCCc2cnccc21.CCCCCCC. The first-order valence-electron chi connectivity index (χ1n) is 11.8. The molecule has 0 aromatic carbocycles. The molecule has 0 spiro atoms. The Morgan fingerprint density at radius 3 is 2.43 bits per heavy atom. The minimum Gasteiger partial charge on any atom is -0.465 e. The maximum Gasteiger partial charge on any atom is 0.252 e. The van der Waals surface area contributed by atoms with Gasteiger partial charge in [-0.1, -0.05) is 65.9 Å². The molecular weight excluding hydrogens is 372 g/mol.